The summed E-state index contributed by atoms with van der Waals surface area (Å²) in [5.41, 5.74) is -1.05. The molecule has 2 rings (SSSR count). The SMILES string of the molecule is CS(=O)(=O)N(CCCC(=O)NCCOc1ccc(Cl)cc1)c1cccc(C(F)(F)F)c1. The third-order valence-electron chi connectivity index (χ3n) is 4.13. The Hall–Kier alpha value is -2.46. The van der Waals surface area contributed by atoms with Gasteiger partial charge in [-0.25, -0.2) is 8.42 Å². The summed E-state index contributed by atoms with van der Waals surface area (Å²) in [6, 6.07) is 10.8. The molecule has 1 amide bonds. The minimum Gasteiger partial charge on any atom is -0.492 e. The second-order valence-electron chi connectivity index (χ2n) is 6.64. The van der Waals surface area contributed by atoms with E-state index in [9.17, 15) is 26.4 Å². The summed E-state index contributed by atoms with van der Waals surface area (Å²) in [4.78, 5) is 12.0. The Kier molecular flexibility index (Phi) is 8.58. The van der Waals surface area contributed by atoms with Crippen molar-refractivity contribution in [2.75, 3.05) is 30.3 Å². The van der Waals surface area contributed by atoms with Crippen LogP contribution in [0.4, 0.5) is 18.9 Å². The predicted octanol–water partition coefficient (Wildman–Crippen LogP) is 4.10. The molecule has 11 heteroatoms. The molecule has 0 radical (unpaired) electrons. The van der Waals surface area contributed by atoms with E-state index in [0.29, 0.717) is 10.8 Å². The van der Waals surface area contributed by atoms with Gasteiger partial charge in [0, 0.05) is 18.0 Å². The van der Waals surface area contributed by atoms with Crippen LogP contribution in [-0.2, 0) is 21.0 Å². The fourth-order valence-electron chi connectivity index (χ4n) is 2.69. The van der Waals surface area contributed by atoms with Crippen LogP contribution < -0.4 is 14.4 Å². The summed E-state index contributed by atoms with van der Waals surface area (Å²) in [5.74, 6) is 0.278. The van der Waals surface area contributed by atoms with Gasteiger partial charge in [0.15, 0.2) is 0 Å². The van der Waals surface area contributed by atoms with Crippen LogP contribution in [0.25, 0.3) is 0 Å². The van der Waals surface area contributed by atoms with Crippen molar-refractivity contribution < 1.29 is 31.1 Å². The van der Waals surface area contributed by atoms with Gasteiger partial charge in [0.25, 0.3) is 0 Å². The first kappa shape index (κ1) is 24.8. The summed E-state index contributed by atoms with van der Waals surface area (Å²) in [7, 11) is -3.83. The minimum absolute atomic E-state index is 0.00588. The number of benzene rings is 2. The summed E-state index contributed by atoms with van der Waals surface area (Å²) >= 11 is 5.78. The Morgan fingerprint density at radius 3 is 2.45 bits per heavy atom. The molecule has 0 spiro atoms. The van der Waals surface area contributed by atoms with Crippen molar-refractivity contribution >= 4 is 33.2 Å². The number of nitrogens with one attached hydrogen (secondary N) is 1. The molecule has 6 nitrogen and oxygen atoms in total. The van der Waals surface area contributed by atoms with Gasteiger partial charge < -0.3 is 10.1 Å². The zero-order chi connectivity index (χ0) is 23.1. The molecule has 0 bridgehead atoms. The molecule has 2 aromatic carbocycles. The first-order chi connectivity index (χ1) is 14.5. The second-order valence-corrected chi connectivity index (χ2v) is 8.98. The van der Waals surface area contributed by atoms with Crippen LogP contribution in [0.1, 0.15) is 18.4 Å². The highest BCUT2D eigenvalue weighted by Crippen LogP contribution is 2.32. The van der Waals surface area contributed by atoms with Gasteiger partial charge in [0.2, 0.25) is 15.9 Å². The van der Waals surface area contributed by atoms with Gasteiger partial charge in [-0.2, -0.15) is 13.2 Å². The van der Waals surface area contributed by atoms with Crippen molar-refractivity contribution in [3.05, 3.63) is 59.1 Å². The average molecular weight is 479 g/mol. The molecule has 0 aliphatic rings. The number of anilines is 1. The van der Waals surface area contributed by atoms with Gasteiger partial charge in [0.1, 0.15) is 12.4 Å². The molecule has 0 saturated heterocycles. The van der Waals surface area contributed by atoms with Crippen molar-refractivity contribution in [1.82, 2.24) is 5.32 Å². The number of alkyl halides is 3. The second kappa shape index (κ2) is 10.7. The molecule has 0 fully saturated rings. The maximum Gasteiger partial charge on any atom is 0.416 e. The quantitative estimate of drug-likeness (QED) is 0.522. The van der Waals surface area contributed by atoms with Crippen molar-refractivity contribution in [1.29, 1.82) is 0 Å². The Morgan fingerprint density at radius 1 is 1.16 bits per heavy atom. The van der Waals surface area contributed by atoms with Crippen molar-refractivity contribution in [3.63, 3.8) is 0 Å². The Balaban J connectivity index is 1.83. The smallest absolute Gasteiger partial charge is 0.416 e. The highest BCUT2D eigenvalue weighted by atomic mass is 35.5. The van der Waals surface area contributed by atoms with Gasteiger partial charge in [0.05, 0.1) is 24.1 Å². The van der Waals surface area contributed by atoms with E-state index < -0.39 is 21.8 Å². The third kappa shape index (κ3) is 8.29. The molecular formula is C20H22ClF3N2O4S. The van der Waals surface area contributed by atoms with E-state index >= 15 is 0 Å². The number of ether oxygens (including phenoxy) is 1. The fourth-order valence-corrected chi connectivity index (χ4v) is 3.77. The van der Waals surface area contributed by atoms with Crippen LogP contribution in [0, 0.1) is 0 Å². The van der Waals surface area contributed by atoms with Crippen molar-refractivity contribution in [2.45, 2.75) is 19.0 Å². The molecule has 1 N–H and O–H groups in total. The number of hydrogen-bond acceptors (Lipinski definition) is 4. The number of nitrogens with zero attached hydrogens (tertiary/aromatic N) is 1. The first-order valence-corrected chi connectivity index (χ1v) is 11.5. The Morgan fingerprint density at radius 2 is 1.84 bits per heavy atom. The van der Waals surface area contributed by atoms with Gasteiger partial charge in [-0.15, -0.1) is 0 Å². The summed E-state index contributed by atoms with van der Waals surface area (Å²) in [5, 5.41) is 3.22. The van der Waals surface area contributed by atoms with Gasteiger partial charge in [-0.05, 0) is 48.9 Å². The normalized spacial score (nSPS) is 11.8. The zero-order valence-corrected chi connectivity index (χ0v) is 18.2. The number of carbonyl (C=O) groups excluding carboxylic acids is 1. The third-order valence-corrected chi connectivity index (χ3v) is 5.58. The monoisotopic (exact) mass is 478 g/mol. The lowest BCUT2D eigenvalue weighted by molar-refractivity contribution is -0.137. The van der Waals surface area contributed by atoms with E-state index in [0.717, 1.165) is 28.8 Å². The van der Waals surface area contributed by atoms with E-state index in [2.05, 4.69) is 5.32 Å². The molecule has 170 valence electrons. The van der Waals surface area contributed by atoms with Crippen molar-refractivity contribution in [3.8, 4) is 5.75 Å². The molecular weight excluding hydrogens is 457 g/mol. The van der Waals surface area contributed by atoms with E-state index in [1.165, 1.54) is 6.07 Å². The molecule has 0 aliphatic heterocycles. The average Bonchev–Trinajstić information content (AvgIpc) is 2.68. The van der Waals surface area contributed by atoms with E-state index in [1.807, 2.05) is 0 Å². The largest absolute Gasteiger partial charge is 0.492 e. The van der Waals surface area contributed by atoms with Crippen LogP contribution in [0.15, 0.2) is 48.5 Å². The predicted molar refractivity (Wildman–Crippen MR) is 113 cm³/mol. The minimum atomic E-state index is -4.59. The summed E-state index contributed by atoms with van der Waals surface area (Å²) < 4.78 is 69.2. The number of amides is 1. The molecule has 2 aromatic rings. The number of carbonyl (C=O) groups is 1. The van der Waals surface area contributed by atoms with Crippen LogP contribution in [0.5, 0.6) is 5.75 Å². The number of hydrogen-bond donors (Lipinski definition) is 1. The zero-order valence-electron chi connectivity index (χ0n) is 16.7. The summed E-state index contributed by atoms with van der Waals surface area (Å²) in [6.45, 7) is 0.340. The standard InChI is InChI=1S/C20H22ClF3N2O4S/c1-31(28,29)26(17-5-2-4-15(14-17)20(22,23)24)12-3-6-19(27)25-11-13-30-18-9-7-16(21)8-10-18/h2,4-5,7-10,14H,3,6,11-13H2,1H3,(H,25,27). The molecule has 0 aromatic heterocycles. The molecule has 0 heterocycles. The highest BCUT2D eigenvalue weighted by Gasteiger charge is 2.31. The fraction of sp³-hybridized carbons (Fsp3) is 0.350. The lowest BCUT2D eigenvalue weighted by atomic mass is 10.2. The maximum absolute atomic E-state index is 12.9. The summed E-state index contributed by atoms with van der Waals surface area (Å²) in [6.07, 6.45) is -3.55. The number of halogens is 4. The Bertz CT molecular complexity index is 983. The first-order valence-electron chi connectivity index (χ1n) is 9.27. The van der Waals surface area contributed by atoms with Crippen LogP contribution in [0.3, 0.4) is 0 Å². The van der Waals surface area contributed by atoms with Crippen molar-refractivity contribution in [2.24, 2.45) is 0 Å². The lowest BCUT2D eigenvalue weighted by Crippen LogP contribution is -2.33. The maximum atomic E-state index is 12.9. The number of rotatable bonds is 10. The molecule has 0 aliphatic carbocycles. The van der Waals surface area contributed by atoms with Crippen LogP contribution in [-0.4, -0.2) is 40.3 Å². The van der Waals surface area contributed by atoms with Crippen LogP contribution >= 0.6 is 11.6 Å². The Labute approximate surface area is 184 Å². The van der Waals surface area contributed by atoms with E-state index in [-0.39, 0.29) is 44.1 Å². The van der Waals surface area contributed by atoms with Gasteiger partial charge in [-0.3, -0.25) is 9.10 Å². The van der Waals surface area contributed by atoms with E-state index in [4.69, 9.17) is 16.3 Å². The van der Waals surface area contributed by atoms with Crippen LogP contribution in [0.2, 0.25) is 5.02 Å². The van der Waals surface area contributed by atoms with E-state index in [1.54, 1.807) is 24.3 Å². The topological polar surface area (TPSA) is 75.7 Å². The molecule has 0 unspecified atom stereocenters. The molecule has 0 atom stereocenters. The number of sulfonamides is 1. The highest BCUT2D eigenvalue weighted by molar-refractivity contribution is 7.92. The van der Waals surface area contributed by atoms with Gasteiger partial charge in [-0.1, -0.05) is 17.7 Å². The van der Waals surface area contributed by atoms with Gasteiger partial charge >= 0.3 is 6.18 Å². The molecule has 0 saturated carbocycles. The molecule has 31 heavy (non-hydrogen) atoms. The lowest BCUT2D eigenvalue weighted by Gasteiger charge is -2.23.